The molecule has 0 aromatic heterocycles. The third-order valence-corrected chi connectivity index (χ3v) is 3.13. The Labute approximate surface area is 121 Å². The average molecular weight is 282 g/mol. The van der Waals surface area contributed by atoms with Gasteiger partial charge < -0.3 is 15.7 Å². The van der Waals surface area contributed by atoms with Crippen molar-refractivity contribution in [3.63, 3.8) is 0 Å². The Morgan fingerprint density at radius 1 is 1.00 bits per heavy atom. The zero-order valence-electron chi connectivity index (χ0n) is 11.1. The lowest BCUT2D eigenvalue weighted by Crippen LogP contribution is -2.29. The molecule has 0 bridgehead atoms. The highest BCUT2D eigenvalue weighted by Crippen LogP contribution is 2.23. The summed E-state index contributed by atoms with van der Waals surface area (Å²) in [6, 6.07) is 16.6. The molecule has 0 heterocycles. The minimum atomic E-state index is -1.66. The van der Waals surface area contributed by atoms with Gasteiger partial charge in [0.1, 0.15) is 6.10 Å². The van der Waals surface area contributed by atoms with Crippen molar-refractivity contribution in [2.24, 2.45) is 0 Å². The van der Waals surface area contributed by atoms with Crippen molar-refractivity contribution in [1.29, 1.82) is 0 Å². The molecule has 5 nitrogen and oxygen atoms in total. The van der Waals surface area contributed by atoms with Crippen LogP contribution in [0.1, 0.15) is 11.7 Å². The van der Waals surface area contributed by atoms with E-state index >= 15 is 0 Å². The number of aliphatic hydroxyl groups is 2. The standard InChI is InChI=1S/C16H14N2O3/c17-18-10-14(19)16(21)15(20)13-8-6-12(7-9-13)11-4-2-1-3-5-11/h1-10,15-16,20-21H/t15-,16-/m0/s1. The van der Waals surface area contributed by atoms with E-state index in [2.05, 4.69) is 4.79 Å². The Morgan fingerprint density at radius 2 is 1.57 bits per heavy atom. The number of aliphatic hydroxyl groups excluding tert-OH is 2. The highest BCUT2D eigenvalue weighted by molar-refractivity contribution is 6.27. The second-order valence-corrected chi connectivity index (χ2v) is 4.52. The molecule has 2 aromatic carbocycles. The maximum atomic E-state index is 11.3. The fourth-order valence-electron chi connectivity index (χ4n) is 1.97. The fourth-order valence-corrected chi connectivity index (χ4v) is 1.97. The molecule has 2 atom stereocenters. The topological polar surface area (TPSA) is 93.9 Å². The molecule has 0 aliphatic carbocycles. The highest BCUT2D eigenvalue weighted by atomic mass is 16.3. The van der Waals surface area contributed by atoms with Crippen LogP contribution >= 0.6 is 0 Å². The predicted molar refractivity (Wildman–Crippen MR) is 77.5 cm³/mol. The quantitative estimate of drug-likeness (QED) is 0.495. The largest absolute Gasteiger partial charge is 0.385 e. The lowest BCUT2D eigenvalue weighted by Gasteiger charge is -2.14. The highest BCUT2D eigenvalue weighted by Gasteiger charge is 2.26. The van der Waals surface area contributed by atoms with E-state index in [1.165, 1.54) is 0 Å². The van der Waals surface area contributed by atoms with Gasteiger partial charge in [-0.2, -0.15) is 4.79 Å². The molecular weight excluding hydrogens is 268 g/mol. The molecule has 106 valence electrons. The van der Waals surface area contributed by atoms with Crippen LogP contribution in [-0.2, 0) is 4.79 Å². The summed E-state index contributed by atoms with van der Waals surface area (Å²) in [6.45, 7) is 0. The van der Waals surface area contributed by atoms with Crippen molar-refractivity contribution in [3.05, 3.63) is 65.7 Å². The predicted octanol–water partition coefficient (Wildman–Crippen LogP) is 1.62. The van der Waals surface area contributed by atoms with Gasteiger partial charge >= 0.3 is 6.21 Å². The van der Waals surface area contributed by atoms with Gasteiger partial charge in [0.05, 0.1) is 0 Å². The van der Waals surface area contributed by atoms with Crippen LogP contribution < -0.4 is 0 Å². The molecule has 5 heteroatoms. The number of ketones is 1. The van der Waals surface area contributed by atoms with Crippen LogP contribution in [0.5, 0.6) is 0 Å². The van der Waals surface area contributed by atoms with E-state index in [1.807, 2.05) is 30.3 Å². The molecule has 2 aromatic rings. The monoisotopic (exact) mass is 282 g/mol. The lowest BCUT2D eigenvalue weighted by atomic mass is 9.98. The Bertz CT molecular complexity index is 662. The van der Waals surface area contributed by atoms with Crippen molar-refractivity contribution >= 4 is 12.0 Å². The Kier molecular flexibility index (Phi) is 4.74. The molecule has 0 amide bonds. The maximum Gasteiger partial charge on any atom is 0.326 e. The smallest absolute Gasteiger partial charge is 0.326 e. The normalized spacial score (nSPS) is 13.0. The van der Waals surface area contributed by atoms with Gasteiger partial charge in [-0.1, -0.05) is 54.6 Å². The van der Waals surface area contributed by atoms with Crippen molar-refractivity contribution in [2.75, 3.05) is 0 Å². The van der Waals surface area contributed by atoms with Gasteiger partial charge in [-0.05, 0) is 16.7 Å². The molecule has 0 spiro atoms. The van der Waals surface area contributed by atoms with Crippen molar-refractivity contribution in [3.8, 4) is 11.1 Å². The summed E-state index contributed by atoms with van der Waals surface area (Å²) in [6.07, 6.45) is -2.48. The molecule has 0 unspecified atom stereocenters. The fraction of sp³-hybridized carbons (Fsp3) is 0.125. The van der Waals surface area contributed by atoms with Crippen LogP contribution in [-0.4, -0.2) is 33.1 Å². The van der Waals surface area contributed by atoms with Crippen LogP contribution in [0.25, 0.3) is 16.7 Å². The van der Waals surface area contributed by atoms with Crippen LogP contribution in [0.3, 0.4) is 0 Å². The summed E-state index contributed by atoms with van der Waals surface area (Å²) in [4.78, 5) is 13.9. The van der Waals surface area contributed by atoms with Gasteiger partial charge in [0, 0.05) is 0 Å². The first-order chi connectivity index (χ1) is 10.1. The third-order valence-electron chi connectivity index (χ3n) is 3.13. The molecule has 0 aliphatic heterocycles. The molecule has 0 saturated carbocycles. The minimum absolute atomic E-state index is 0.405. The van der Waals surface area contributed by atoms with Gasteiger partial charge in [0.2, 0.25) is 0 Å². The van der Waals surface area contributed by atoms with Crippen molar-refractivity contribution in [2.45, 2.75) is 12.2 Å². The Morgan fingerprint density at radius 3 is 2.14 bits per heavy atom. The third kappa shape index (κ3) is 3.49. The summed E-state index contributed by atoms with van der Waals surface area (Å²) >= 11 is 0. The summed E-state index contributed by atoms with van der Waals surface area (Å²) in [5, 5.41) is 19.6. The SMILES string of the molecule is [N-]=[N+]=CC(=O)[C@H](O)[C@@H](O)c1ccc(-c2ccccc2)cc1. The zero-order valence-corrected chi connectivity index (χ0v) is 11.1. The lowest BCUT2D eigenvalue weighted by molar-refractivity contribution is -0.129. The minimum Gasteiger partial charge on any atom is -0.385 e. The Hall–Kier alpha value is -2.59. The van der Waals surface area contributed by atoms with Crippen LogP contribution in [0, 0.1) is 0 Å². The van der Waals surface area contributed by atoms with Gasteiger partial charge in [0.15, 0.2) is 6.10 Å². The van der Waals surface area contributed by atoms with E-state index in [1.54, 1.807) is 24.3 Å². The van der Waals surface area contributed by atoms with Crippen molar-refractivity contribution < 1.29 is 19.8 Å². The number of Topliss-reactive ketones (excluding diaryl/α,β-unsaturated/α-hetero) is 1. The first-order valence-electron chi connectivity index (χ1n) is 6.36. The van der Waals surface area contributed by atoms with E-state index in [4.69, 9.17) is 5.53 Å². The number of benzene rings is 2. The summed E-state index contributed by atoms with van der Waals surface area (Å²) < 4.78 is 0. The van der Waals surface area contributed by atoms with Crippen LogP contribution in [0.4, 0.5) is 0 Å². The number of rotatable bonds is 5. The zero-order chi connectivity index (χ0) is 15.2. The summed E-state index contributed by atoms with van der Waals surface area (Å²) in [5.74, 6) is -0.864. The number of hydrogen-bond donors (Lipinski definition) is 2. The van der Waals surface area contributed by atoms with E-state index < -0.39 is 18.0 Å². The Balaban J connectivity index is 2.19. The van der Waals surface area contributed by atoms with Gasteiger partial charge in [-0.25, -0.2) is 0 Å². The number of carbonyl (C=O) groups is 1. The van der Waals surface area contributed by atoms with Crippen LogP contribution in [0.15, 0.2) is 54.6 Å². The first kappa shape index (κ1) is 14.8. The molecule has 0 radical (unpaired) electrons. The molecule has 2 rings (SSSR count). The molecular formula is C16H14N2O3. The summed E-state index contributed by atoms with van der Waals surface area (Å²) in [5.41, 5.74) is 10.7. The molecule has 0 saturated heterocycles. The molecule has 0 aliphatic rings. The number of nitrogens with zero attached hydrogens (tertiary/aromatic N) is 2. The van der Waals surface area contributed by atoms with E-state index in [9.17, 15) is 15.0 Å². The van der Waals surface area contributed by atoms with E-state index in [0.29, 0.717) is 11.8 Å². The van der Waals surface area contributed by atoms with Gasteiger partial charge in [-0.15, -0.1) is 0 Å². The van der Waals surface area contributed by atoms with Crippen molar-refractivity contribution in [1.82, 2.24) is 0 Å². The average Bonchev–Trinajstić information content (AvgIpc) is 2.54. The van der Waals surface area contributed by atoms with E-state index in [-0.39, 0.29) is 0 Å². The number of hydrogen-bond acceptors (Lipinski definition) is 3. The van der Waals surface area contributed by atoms with Crippen LogP contribution in [0.2, 0.25) is 0 Å². The second kappa shape index (κ2) is 6.72. The molecule has 2 N–H and O–H groups in total. The van der Waals surface area contributed by atoms with Gasteiger partial charge in [-0.3, -0.25) is 4.79 Å². The molecule has 0 fully saturated rings. The maximum absolute atomic E-state index is 11.3. The summed E-state index contributed by atoms with van der Waals surface area (Å²) in [7, 11) is 0. The number of carbonyl (C=O) groups excluding carboxylic acids is 1. The molecule has 21 heavy (non-hydrogen) atoms. The van der Waals surface area contributed by atoms with E-state index in [0.717, 1.165) is 11.1 Å². The van der Waals surface area contributed by atoms with Gasteiger partial charge in [0.25, 0.3) is 5.78 Å². The second-order valence-electron chi connectivity index (χ2n) is 4.52. The first-order valence-corrected chi connectivity index (χ1v) is 6.36.